The Balaban J connectivity index is 1.21. The molecule has 1 amide bonds. The van der Waals surface area contributed by atoms with Crippen LogP contribution in [0.4, 0.5) is 0 Å². The van der Waals surface area contributed by atoms with Gasteiger partial charge >= 0.3 is 0 Å². The largest absolute Gasteiger partial charge is 0.490 e. The van der Waals surface area contributed by atoms with Crippen molar-refractivity contribution in [3.8, 4) is 5.75 Å². The number of pyridine rings is 2. The number of carbonyl (C=O) groups excluding carboxylic acids is 1. The van der Waals surface area contributed by atoms with Crippen LogP contribution >= 0.6 is 0 Å². The van der Waals surface area contributed by atoms with Crippen LogP contribution in [-0.4, -0.2) is 41.6 Å². The average Bonchev–Trinajstić information content (AvgIpc) is 3.41. The Morgan fingerprint density at radius 2 is 2.12 bits per heavy atom. The third kappa shape index (κ3) is 4.19. The highest BCUT2D eigenvalue weighted by atomic mass is 16.5. The summed E-state index contributed by atoms with van der Waals surface area (Å²) in [5, 5.41) is 6.32. The molecule has 2 N–H and O–H groups in total. The fourth-order valence-corrected chi connectivity index (χ4v) is 3.36. The van der Waals surface area contributed by atoms with Gasteiger partial charge in [0.05, 0.1) is 6.20 Å². The van der Waals surface area contributed by atoms with Gasteiger partial charge in [0.1, 0.15) is 12.4 Å². The third-order valence-electron chi connectivity index (χ3n) is 5.21. The predicted octanol–water partition coefficient (Wildman–Crippen LogP) is 2.14. The van der Waals surface area contributed by atoms with Gasteiger partial charge in [-0.05, 0) is 61.4 Å². The van der Waals surface area contributed by atoms with Crippen molar-refractivity contribution in [3.05, 3.63) is 54.1 Å². The van der Waals surface area contributed by atoms with Gasteiger partial charge in [-0.3, -0.25) is 14.8 Å². The monoisotopic (exact) mass is 352 g/mol. The summed E-state index contributed by atoms with van der Waals surface area (Å²) in [6.07, 6.45) is 10.3. The molecule has 136 valence electrons. The third-order valence-corrected chi connectivity index (χ3v) is 5.21. The van der Waals surface area contributed by atoms with Crippen LogP contribution in [0.15, 0.2) is 43.0 Å². The van der Waals surface area contributed by atoms with Gasteiger partial charge in [0, 0.05) is 36.7 Å². The zero-order valence-electron chi connectivity index (χ0n) is 14.7. The molecule has 6 nitrogen and oxygen atoms in total. The molecule has 3 atom stereocenters. The van der Waals surface area contributed by atoms with Crippen molar-refractivity contribution in [2.24, 2.45) is 5.92 Å². The van der Waals surface area contributed by atoms with E-state index in [0.717, 1.165) is 25.1 Å². The average molecular weight is 352 g/mol. The van der Waals surface area contributed by atoms with Crippen molar-refractivity contribution in [3.63, 3.8) is 0 Å². The van der Waals surface area contributed by atoms with Crippen LogP contribution in [0.2, 0.25) is 0 Å². The Hall–Kier alpha value is -2.47. The molecule has 0 bridgehead atoms. The smallest absolute Gasteiger partial charge is 0.251 e. The SMILES string of the molecule is O=C(NCC[C@@H]1C[C@@H]1c1cncc(OC[C@@H]2CCN2)c1)c1ccncc1. The van der Waals surface area contributed by atoms with E-state index in [1.807, 2.05) is 6.20 Å². The highest BCUT2D eigenvalue weighted by molar-refractivity contribution is 5.93. The number of amides is 1. The molecule has 1 saturated carbocycles. The summed E-state index contributed by atoms with van der Waals surface area (Å²) in [4.78, 5) is 20.3. The van der Waals surface area contributed by atoms with Crippen LogP contribution in [0.25, 0.3) is 0 Å². The molecule has 0 spiro atoms. The Kier molecular flexibility index (Phi) is 5.11. The van der Waals surface area contributed by atoms with Crippen LogP contribution in [0.3, 0.4) is 0 Å². The van der Waals surface area contributed by atoms with Crippen molar-refractivity contribution in [1.29, 1.82) is 0 Å². The van der Waals surface area contributed by atoms with Crippen LogP contribution in [-0.2, 0) is 0 Å². The number of nitrogens with one attached hydrogen (secondary N) is 2. The number of carbonyl (C=O) groups is 1. The van der Waals surface area contributed by atoms with E-state index in [1.54, 1.807) is 30.7 Å². The molecule has 3 heterocycles. The Morgan fingerprint density at radius 1 is 1.27 bits per heavy atom. The number of aromatic nitrogens is 2. The summed E-state index contributed by atoms with van der Waals surface area (Å²) in [5.74, 6) is 1.96. The van der Waals surface area contributed by atoms with Crippen LogP contribution in [0.5, 0.6) is 5.75 Å². The minimum Gasteiger partial charge on any atom is -0.490 e. The van der Waals surface area contributed by atoms with E-state index in [9.17, 15) is 4.79 Å². The first-order chi connectivity index (χ1) is 12.8. The van der Waals surface area contributed by atoms with E-state index >= 15 is 0 Å². The Labute approximate surface area is 153 Å². The lowest BCUT2D eigenvalue weighted by Gasteiger charge is -2.27. The van der Waals surface area contributed by atoms with Crippen LogP contribution in [0.1, 0.15) is 41.1 Å². The molecule has 1 aliphatic carbocycles. The van der Waals surface area contributed by atoms with Crippen molar-refractivity contribution < 1.29 is 9.53 Å². The first-order valence-corrected chi connectivity index (χ1v) is 9.29. The zero-order valence-corrected chi connectivity index (χ0v) is 14.7. The second-order valence-corrected chi connectivity index (χ2v) is 7.09. The maximum Gasteiger partial charge on any atom is 0.251 e. The van der Waals surface area contributed by atoms with E-state index < -0.39 is 0 Å². The molecule has 0 unspecified atom stereocenters. The number of hydrogen-bond acceptors (Lipinski definition) is 5. The lowest BCUT2D eigenvalue weighted by molar-refractivity contribution is 0.0952. The number of rotatable bonds is 8. The molecule has 6 heteroatoms. The Morgan fingerprint density at radius 3 is 2.88 bits per heavy atom. The van der Waals surface area contributed by atoms with Gasteiger partial charge in [0.25, 0.3) is 5.91 Å². The highest BCUT2D eigenvalue weighted by Crippen LogP contribution is 2.49. The van der Waals surface area contributed by atoms with Gasteiger partial charge in [-0.15, -0.1) is 0 Å². The van der Waals surface area contributed by atoms with E-state index in [0.29, 0.717) is 36.6 Å². The molecule has 0 aromatic carbocycles. The predicted molar refractivity (Wildman–Crippen MR) is 98.2 cm³/mol. The van der Waals surface area contributed by atoms with Crippen LogP contribution < -0.4 is 15.4 Å². The van der Waals surface area contributed by atoms with E-state index in [-0.39, 0.29) is 5.91 Å². The van der Waals surface area contributed by atoms with E-state index in [1.165, 1.54) is 12.0 Å². The topological polar surface area (TPSA) is 76.1 Å². The summed E-state index contributed by atoms with van der Waals surface area (Å²) in [6, 6.07) is 6.06. The molecule has 2 aromatic rings. The molecule has 4 rings (SSSR count). The maximum atomic E-state index is 12.0. The number of ether oxygens (including phenoxy) is 1. The van der Waals surface area contributed by atoms with Crippen LogP contribution in [0, 0.1) is 5.92 Å². The molecule has 2 aliphatic rings. The standard InChI is InChI=1S/C20H24N4O2/c25-20(14-1-5-21-6-2-14)24-7-3-15-10-19(15)16-9-18(12-22-11-16)26-13-17-4-8-23-17/h1-2,5-6,9,11-12,15,17,19,23H,3-4,7-8,10,13H2,(H,24,25)/t15-,17+,19+/m1/s1. The zero-order chi connectivity index (χ0) is 17.8. The van der Waals surface area contributed by atoms with Gasteiger partial charge in [-0.1, -0.05) is 0 Å². The molecular weight excluding hydrogens is 328 g/mol. The highest BCUT2D eigenvalue weighted by Gasteiger charge is 2.38. The summed E-state index contributed by atoms with van der Waals surface area (Å²) < 4.78 is 5.84. The van der Waals surface area contributed by atoms with Gasteiger partial charge in [-0.25, -0.2) is 0 Å². The van der Waals surface area contributed by atoms with Crippen molar-refractivity contribution in [2.75, 3.05) is 19.7 Å². The van der Waals surface area contributed by atoms with E-state index in [2.05, 4.69) is 26.7 Å². The summed E-state index contributed by atoms with van der Waals surface area (Å²) >= 11 is 0. The molecule has 2 aromatic heterocycles. The molecule has 1 saturated heterocycles. The second-order valence-electron chi connectivity index (χ2n) is 7.09. The van der Waals surface area contributed by atoms with Gasteiger partial charge < -0.3 is 15.4 Å². The summed E-state index contributed by atoms with van der Waals surface area (Å²) in [6.45, 7) is 2.49. The molecule has 0 radical (unpaired) electrons. The normalized spacial score (nSPS) is 23.8. The first kappa shape index (κ1) is 17.0. The molecule has 1 aliphatic heterocycles. The van der Waals surface area contributed by atoms with Crippen molar-refractivity contribution >= 4 is 5.91 Å². The van der Waals surface area contributed by atoms with Gasteiger partial charge in [0.15, 0.2) is 0 Å². The molecular formula is C20H24N4O2. The maximum absolute atomic E-state index is 12.0. The van der Waals surface area contributed by atoms with Gasteiger partial charge in [0.2, 0.25) is 0 Å². The fourth-order valence-electron chi connectivity index (χ4n) is 3.36. The quantitative estimate of drug-likeness (QED) is 0.761. The van der Waals surface area contributed by atoms with Gasteiger partial charge in [-0.2, -0.15) is 0 Å². The number of hydrogen-bond donors (Lipinski definition) is 2. The first-order valence-electron chi connectivity index (χ1n) is 9.29. The van der Waals surface area contributed by atoms with Crippen molar-refractivity contribution in [2.45, 2.75) is 31.2 Å². The minimum atomic E-state index is -0.0359. The number of nitrogens with zero attached hydrogens (tertiary/aromatic N) is 2. The molecule has 2 fully saturated rings. The molecule has 26 heavy (non-hydrogen) atoms. The minimum absolute atomic E-state index is 0.0359. The summed E-state index contributed by atoms with van der Waals surface area (Å²) in [7, 11) is 0. The Bertz CT molecular complexity index is 748. The lowest BCUT2D eigenvalue weighted by atomic mass is 10.1. The van der Waals surface area contributed by atoms with Crippen molar-refractivity contribution in [1.82, 2.24) is 20.6 Å². The lowest BCUT2D eigenvalue weighted by Crippen LogP contribution is -2.46. The fraction of sp³-hybridized carbons (Fsp3) is 0.450. The second kappa shape index (κ2) is 7.83. The summed E-state index contributed by atoms with van der Waals surface area (Å²) in [5.41, 5.74) is 1.90. The van der Waals surface area contributed by atoms with E-state index in [4.69, 9.17) is 4.74 Å².